The number of imidazole rings is 1. The minimum absolute atomic E-state index is 0.345. The van der Waals surface area contributed by atoms with E-state index in [9.17, 15) is 4.79 Å². The van der Waals surface area contributed by atoms with Crippen LogP contribution in [0.5, 0.6) is 5.75 Å². The third-order valence-corrected chi connectivity index (χ3v) is 6.19. The summed E-state index contributed by atoms with van der Waals surface area (Å²) in [6.45, 7) is 0.978. The summed E-state index contributed by atoms with van der Waals surface area (Å²) in [4.78, 5) is 17.8. The molecule has 0 aliphatic carbocycles. The molecule has 0 atom stereocenters. The van der Waals surface area contributed by atoms with Crippen LogP contribution < -0.4 is 4.74 Å². The first-order valence-corrected chi connectivity index (χ1v) is 12.4. The van der Waals surface area contributed by atoms with Crippen LogP contribution >= 0.6 is 23.2 Å². The Labute approximate surface area is 224 Å². The first kappa shape index (κ1) is 24.6. The maximum Gasteiger partial charge on any atom is 0.343 e. The fourth-order valence-electron chi connectivity index (χ4n) is 3.86. The quantitative estimate of drug-likeness (QED) is 0.152. The smallest absolute Gasteiger partial charge is 0.343 e. The number of carbonyl (C=O) groups is 1. The molecule has 7 heteroatoms. The number of ether oxygens (including phenoxy) is 2. The molecule has 1 aromatic heterocycles. The average Bonchev–Trinajstić information content (AvgIpc) is 3.26. The maximum absolute atomic E-state index is 13.0. The van der Waals surface area contributed by atoms with Crippen molar-refractivity contribution in [2.75, 3.05) is 6.61 Å². The number of aromatic nitrogens is 2. The highest BCUT2D eigenvalue weighted by atomic mass is 35.5. The molecular weight excluding hydrogens is 507 g/mol. The van der Waals surface area contributed by atoms with Crippen molar-refractivity contribution in [3.8, 4) is 5.75 Å². The van der Waals surface area contributed by atoms with E-state index < -0.39 is 5.97 Å². The molecule has 4 aromatic carbocycles. The van der Waals surface area contributed by atoms with Gasteiger partial charge in [-0.15, -0.1) is 0 Å². The Bertz CT molecular complexity index is 1540. The second-order valence-electron chi connectivity index (χ2n) is 8.18. The molecule has 0 fully saturated rings. The number of fused-ring (bicyclic) bond motifs is 1. The summed E-state index contributed by atoms with van der Waals surface area (Å²) in [6, 6.07) is 31.2. The minimum Gasteiger partial charge on any atom is -0.492 e. The van der Waals surface area contributed by atoms with Gasteiger partial charge in [-0.1, -0.05) is 53.5 Å². The van der Waals surface area contributed by atoms with Crippen LogP contribution in [-0.2, 0) is 11.3 Å². The third-order valence-electron chi connectivity index (χ3n) is 5.68. The van der Waals surface area contributed by atoms with Gasteiger partial charge in [-0.3, -0.25) is 0 Å². The standard InChI is InChI=1S/C30H22Cl2N2O3/c31-23-14-10-21(11-15-23)28(37-30(35)22-12-16-24(32)17-13-22)20-29-33-26-8-4-5-9-27(26)34(29)18-19-36-25-6-2-1-3-7-25/h1-17,20H,18-19H2. The van der Waals surface area contributed by atoms with E-state index in [1.807, 2.05) is 59.2 Å². The van der Waals surface area contributed by atoms with Crippen molar-refractivity contribution in [1.82, 2.24) is 9.55 Å². The first-order chi connectivity index (χ1) is 18.1. The number of hydrogen-bond acceptors (Lipinski definition) is 4. The molecule has 37 heavy (non-hydrogen) atoms. The van der Waals surface area contributed by atoms with Gasteiger partial charge in [-0.05, 0) is 72.8 Å². The lowest BCUT2D eigenvalue weighted by atomic mass is 10.1. The first-order valence-electron chi connectivity index (χ1n) is 11.7. The Morgan fingerprint density at radius 1 is 0.784 bits per heavy atom. The van der Waals surface area contributed by atoms with Gasteiger partial charge in [-0.25, -0.2) is 9.78 Å². The van der Waals surface area contributed by atoms with E-state index in [0.29, 0.717) is 45.9 Å². The van der Waals surface area contributed by atoms with E-state index in [1.54, 1.807) is 54.6 Å². The van der Waals surface area contributed by atoms with Crippen LogP contribution in [0.1, 0.15) is 21.7 Å². The lowest BCUT2D eigenvalue weighted by Crippen LogP contribution is -2.10. The Morgan fingerprint density at radius 3 is 2.11 bits per heavy atom. The molecule has 0 saturated carbocycles. The molecule has 0 N–H and O–H groups in total. The SMILES string of the molecule is O=C(OC(=Cc1nc2ccccc2n1CCOc1ccccc1)c1ccc(Cl)cc1)c1ccc(Cl)cc1. The summed E-state index contributed by atoms with van der Waals surface area (Å²) in [7, 11) is 0. The molecule has 184 valence electrons. The zero-order chi connectivity index (χ0) is 25.6. The van der Waals surface area contributed by atoms with Gasteiger partial charge in [0.05, 0.1) is 23.1 Å². The lowest BCUT2D eigenvalue weighted by Gasteiger charge is -2.12. The van der Waals surface area contributed by atoms with E-state index in [4.69, 9.17) is 37.7 Å². The van der Waals surface area contributed by atoms with Gasteiger partial charge in [0.15, 0.2) is 0 Å². The van der Waals surface area contributed by atoms with Gasteiger partial charge in [0, 0.05) is 21.7 Å². The normalized spacial score (nSPS) is 11.5. The highest BCUT2D eigenvalue weighted by Gasteiger charge is 2.16. The Morgan fingerprint density at radius 2 is 1.41 bits per heavy atom. The molecule has 0 saturated heterocycles. The lowest BCUT2D eigenvalue weighted by molar-refractivity contribution is 0.0693. The van der Waals surface area contributed by atoms with E-state index in [0.717, 1.165) is 16.8 Å². The zero-order valence-corrected chi connectivity index (χ0v) is 21.2. The van der Waals surface area contributed by atoms with Crippen LogP contribution in [0.4, 0.5) is 0 Å². The van der Waals surface area contributed by atoms with Crippen molar-refractivity contribution in [2.45, 2.75) is 6.54 Å². The monoisotopic (exact) mass is 528 g/mol. The van der Waals surface area contributed by atoms with Crippen molar-refractivity contribution in [2.24, 2.45) is 0 Å². The predicted molar refractivity (Wildman–Crippen MR) is 148 cm³/mol. The van der Waals surface area contributed by atoms with E-state index in [2.05, 4.69) is 0 Å². The van der Waals surface area contributed by atoms with Crippen LogP contribution in [0, 0.1) is 0 Å². The molecule has 0 aliphatic rings. The molecule has 0 spiro atoms. The van der Waals surface area contributed by atoms with Crippen molar-refractivity contribution < 1.29 is 14.3 Å². The second-order valence-corrected chi connectivity index (χ2v) is 9.06. The topological polar surface area (TPSA) is 53.3 Å². The van der Waals surface area contributed by atoms with Crippen molar-refractivity contribution in [3.63, 3.8) is 0 Å². The fraction of sp³-hybridized carbons (Fsp3) is 0.0667. The molecule has 5 rings (SSSR count). The summed E-state index contributed by atoms with van der Waals surface area (Å²) in [5, 5.41) is 1.12. The number of carbonyl (C=O) groups excluding carboxylic acids is 1. The molecule has 0 unspecified atom stereocenters. The predicted octanol–water partition coefficient (Wildman–Crippen LogP) is 7.78. The van der Waals surface area contributed by atoms with E-state index >= 15 is 0 Å². The van der Waals surface area contributed by atoms with Gasteiger partial charge < -0.3 is 14.0 Å². The van der Waals surface area contributed by atoms with Crippen molar-refractivity contribution in [1.29, 1.82) is 0 Å². The number of halogens is 2. The Kier molecular flexibility index (Phi) is 7.54. The number of hydrogen-bond donors (Lipinski definition) is 0. The third kappa shape index (κ3) is 6.02. The summed E-state index contributed by atoms with van der Waals surface area (Å²) >= 11 is 12.1. The number of nitrogens with zero attached hydrogens (tertiary/aromatic N) is 2. The average molecular weight is 529 g/mol. The minimum atomic E-state index is -0.507. The molecule has 0 bridgehead atoms. The van der Waals surface area contributed by atoms with Crippen molar-refractivity contribution in [3.05, 3.63) is 130 Å². The van der Waals surface area contributed by atoms with Crippen molar-refractivity contribution >= 4 is 52.0 Å². The molecule has 0 radical (unpaired) electrons. The fourth-order valence-corrected chi connectivity index (χ4v) is 4.11. The summed E-state index contributed by atoms with van der Waals surface area (Å²) in [6.07, 6.45) is 1.76. The second kappa shape index (κ2) is 11.3. The summed E-state index contributed by atoms with van der Waals surface area (Å²) in [5.74, 6) is 1.26. The van der Waals surface area contributed by atoms with Crippen LogP contribution in [-0.4, -0.2) is 22.1 Å². The van der Waals surface area contributed by atoms with Gasteiger partial charge in [0.2, 0.25) is 0 Å². The summed E-state index contributed by atoms with van der Waals surface area (Å²) in [5.41, 5.74) is 2.85. The molecule has 1 heterocycles. The van der Waals surface area contributed by atoms with Gasteiger partial charge in [0.1, 0.15) is 23.9 Å². The molecule has 5 aromatic rings. The maximum atomic E-state index is 13.0. The van der Waals surface area contributed by atoms with Gasteiger partial charge in [0.25, 0.3) is 0 Å². The zero-order valence-electron chi connectivity index (χ0n) is 19.7. The Hall–Kier alpha value is -4.06. The highest BCUT2D eigenvalue weighted by molar-refractivity contribution is 6.31. The van der Waals surface area contributed by atoms with Gasteiger partial charge in [-0.2, -0.15) is 0 Å². The number of para-hydroxylation sites is 3. The van der Waals surface area contributed by atoms with E-state index in [-0.39, 0.29) is 0 Å². The summed E-state index contributed by atoms with van der Waals surface area (Å²) < 4.78 is 13.9. The van der Waals surface area contributed by atoms with Crippen LogP contribution in [0.2, 0.25) is 10.0 Å². The van der Waals surface area contributed by atoms with Gasteiger partial charge >= 0.3 is 5.97 Å². The van der Waals surface area contributed by atoms with Crippen LogP contribution in [0.15, 0.2) is 103 Å². The number of rotatable bonds is 8. The molecule has 0 aliphatic heterocycles. The van der Waals surface area contributed by atoms with Crippen LogP contribution in [0.25, 0.3) is 22.9 Å². The Balaban J connectivity index is 1.51. The van der Waals surface area contributed by atoms with Crippen LogP contribution in [0.3, 0.4) is 0 Å². The number of esters is 1. The highest BCUT2D eigenvalue weighted by Crippen LogP contribution is 2.26. The number of benzene rings is 4. The largest absolute Gasteiger partial charge is 0.492 e. The molecular formula is C30H22Cl2N2O3. The van der Waals surface area contributed by atoms with E-state index in [1.165, 1.54) is 0 Å². The molecule has 5 nitrogen and oxygen atoms in total. The molecule has 0 amide bonds.